The SMILES string of the molecule is CCCCCCC1CCC(CCc2ccc(OC(F)(F)F)cc2)CC1. The van der Waals surface area contributed by atoms with E-state index in [0.29, 0.717) is 0 Å². The summed E-state index contributed by atoms with van der Waals surface area (Å²) in [5, 5.41) is 0. The van der Waals surface area contributed by atoms with Crippen LogP contribution in [-0.2, 0) is 6.42 Å². The summed E-state index contributed by atoms with van der Waals surface area (Å²) >= 11 is 0. The summed E-state index contributed by atoms with van der Waals surface area (Å²) in [6.07, 6.45) is 9.63. The van der Waals surface area contributed by atoms with Crippen molar-refractivity contribution in [2.75, 3.05) is 0 Å². The number of benzene rings is 1. The lowest BCUT2D eigenvalue weighted by Crippen LogP contribution is -2.17. The molecule has 25 heavy (non-hydrogen) atoms. The monoisotopic (exact) mass is 356 g/mol. The summed E-state index contributed by atoms with van der Waals surface area (Å²) in [7, 11) is 0. The molecule has 0 saturated heterocycles. The molecule has 0 unspecified atom stereocenters. The van der Waals surface area contributed by atoms with Crippen LogP contribution in [0.5, 0.6) is 5.75 Å². The minimum Gasteiger partial charge on any atom is -0.406 e. The van der Waals surface area contributed by atoms with E-state index in [9.17, 15) is 13.2 Å². The summed E-state index contributed by atoms with van der Waals surface area (Å²) in [5.74, 6) is 1.56. The summed E-state index contributed by atoms with van der Waals surface area (Å²) in [4.78, 5) is 0. The fourth-order valence-corrected chi connectivity index (χ4v) is 3.90. The second-order valence-electron chi connectivity index (χ2n) is 7.47. The highest BCUT2D eigenvalue weighted by Crippen LogP contribution is 2.34. The first-order chi connectivity index (χ1) is 12.0. The van der Waals surface area contributed by atoms with E-state index in [4.69, 9.17) is 0 Å². The molecular formula is C21H31F3O. The van der Waals surface area contributed by atoms with Crippen LogP contribution in [0.1, 0.15) is 76.7 Å². The van der Waals surface area contributed by atoms with Gasteiger partial charge in [0.25, 0.3) is 0 Å². The Morgan fingerprint density at radius 3 is 2.04 bits per heavy atom. The number of hydrogen-bond acceptors (Lipinski definition) is 1. The molecule has 1 aliphatic carbocycles. The number of halogens is 3. The van der Waals surface area contributed by atoms with Crippen molar-refractivity contribution >= 4 is 0 Å². The van der Waals surface area contributed by atoms with E-state index < -0.39 is 6.36 Å². The van der Waals surface area contributed by atoms with Gasteiger partial charge in [0.2, 0.25) is 0 Å². The maximum Gasteiger partial charge on any atom is 0.573 e. The van der Waals surface area contributed by atoms with Crippen molar-refractivity contribution < 1.29 is 17.9 Å². The number of hydrogen-bond donors (Lipinski definition) is 0. The Morgan fingerprint density at radius 1 is 0.880 bits per heavy atom. The average Bonchev–Trinajstić information content (AvgIpc) is 2.58. The topological polar surface area (TPSA) is 9.23 Å². The van der Waals surface area contributed by atoms with Gasteiger partial charge < -0.3 is 4.74 Å². The maximum atomic E-state index is 12.2. The minimum atomic E-state index is -4.61. The minimum absolute atomic E-state index is 0.139. The molecule has 1 saturated carbocycles. The molecule has 1 aromatic carbocycles. The summed E-state index contributed by atoms with van der Waals surface area (Å²) in [6, 6.07) is 6.33. The molecule has 0 bridgehead atoms. The lowest BCUT2D eigenvalue weighted by Gasteiger charge is -2.28. The van der Waals surface area contributed by atoms with Gasteiger partial charge in [-0.15, -0.1) is 13.2 Å². The van der Waals surface area contributed by atoms with E-state index in [-0.39, 0.29) is 5.75 Å². The van der Waals surface area contributed by atoms with Gasteiger partial charge in [-0.1, -0.05) is 76.8 Å². The molecule has 0 amide bonds. The standard InChI is InChI=1S/C21H31F3O/c1-2-3-4-5-6-17-7-9-18(10-8-17)11-12-19-13-15-20(16-14-19)25-21(22,23)24/h13-18H,2-12H2,1H3. The zero-order valence-electron chi connectivity index (χ0n) is 15.3. The molecule has 2 rings (SSSR count). The van der Waals surface area contributed by atoms with Crippen LogP contribution in [0.15, 0.2) is 24.3 Å². The lowest BCUT2D eigenvalue weighted by molar-refractivity contribution is -0.274. The van der Waals surface area contributed by atoms with E-state index in [0.717, 1.165) is 30.2 Å². The highest BCUT2D eigenvalue weighted by atomic mass is 19.4. The van der Waals surface area contributed by atoms with Crippen molar-refractivity contribution in [3.05, 3.63) is 29.8 Å². The lowest BCUT2D eigenvalue weighted by atomic mass is 9.78. The van der Waals surface area contributed by atoms with E-state index in [1.54, 1.807) is 12.1 Å². The Hall–Kier alpha value is -1.19. The first-order valence-electron chi connectivity index (χ1n) is 9.81. The molecule has 0 N–H and O–H groups in total. The molecule has 0 aromatic heterocycles. The van der Waals surface area contributed by atoms with Gasteiger partial charge >= 0.3 is 6.36 Å². The third-order valence-electron chi connectivity index (χ3n) is 5.43. The smallest absolute Gasteiger partial charge is 0.406 e. The van der Waals surface area contributed by atoms with E-state index in [2.05, 4.69) is 11.7 Å². The summed E-state index contributed by atoms with van der Waals surface area (Å²) in [6.45, 7) is 2.25. The van der Waals surface area contributed by atoms with Crippen LogP contribution in [0.4, 0.5) is 13.2 Å². The molecule has 0 spiro atoms. The zero-order valence-corrected chi connectivity index (χ0v) is 15.3. The Morgan fingerprint density at radius 2 is 1.48 bits per heavy atom. The van der Waals surface area contributed by atoms with Gasteiger partial charge in [-0.3, -0.25) is 0 Å². The number of rotatable bonds is 9. The van der Waals surface area contributed by atoms with E-state index in [1.807, 2.05) is 0 Å². The zero-order chi connectivity index (χ0) is 18.1. The van der Waals surface area contributed by atoms with Crippen LogP contribution in [0.2, 0.25) is 0 Å². The Balaban J connectivity index is 1.64. The number of alkyl halides is 3. The van der Waals surface area contributed by atoms with Gasteiger partial charge in [0.1, 0.15) is 5.75 Å². The summed E-state index contributed by atoms with van der Waals surface area (Å²) in [5.41, 5.74) is 1.09. The van der Waals surface area contributed by atoms with E-state index in [1.165, 1.54) is 69.9 Å². The molecule has 1 fully saturated rings. The normalized spacial score (nSPS) is 21.3. The van der Waals surface area contributed by atoms with Crippen molar-refractivity contribution in [1.82, 2.24) is 0 Å². The number of aryl methyl sites for hydroxylation is 1. The Labute approximate surface area is 150 Å². The average molecular weight is 356 g/mol. The third-order valence-corrected chi connectivity index (χ3v) is 5.43. The van der Waals surface area contributed by atoms with Crippen molar-refractivity contribution in [3.8, 4) is 5.75 Å². The molecule has 142 valence electrons. The predicted molar refractivity (Wildman–Crippen MR) is 95.7 cm³/mol. The van der Waals surface area contributed by atoms with Gasteiger partial charge in [0, 0.05) is 0 Å². The van der Waals surface area contributed by atoms with Crippen LogP contribution in [0.25, 0.3) is 0 Å². The van der Waals surface area contributed by atoms with Gasteiger partial charge in [0.05, 0.1) is 0 Å². The van der Waals surface area contributed by atoms with Gasteiger partial charge in [-0.25, -0.2) is 0 Å². The van der Waals surface area contributed by atoms with Crippen molar-refractivity contribution in [3.63, 3.8) is 0 Å². The Bertz CT molecular complexity index is 473. The van der Waals surface area contributed by atoms with Gasteiger partial charge in [-0.05, 0) is 42.4 Å². The van der Waals surface area contributed by atoms with Crippen LogP contribution in [0, 0.1) is 11.8 Å². The fourth-order valence-electron chi connectivity index (χ4n) is 3.90. The molecule has 1 aliphatic rings. The third kappa shape index (κ3) is 8.15. The van der Waals surface area contributed by atoms with Crippen molar-refractivity contribution in [2.24, 2.45) is 11.8 Å². The quantitative estimate of drug-likeness (QED) is 0.422. The van der Waals surface area contributed by atoms with Gasteiger partial charge in [0.15, 0.2) is 0 Å². The van der Waals surface area contributed by atoms with Gasteiger partial charge in [-0.2, -0.15) is 0 Å². The first-order valence-corrected chi connectivity index (χ1v) is 9.81. The maximum absolute atomic E-state index is 12.2. The molecule has 0 atom stereocenters. The van der Waals surface area contributed by atoms with Crippen LogP contribution >= 0.6 is 0 Å². The highest BCUT2D eigenvalue weighted by molar-refractivity contribution is 5.27. The van der Waals surface area contributed by atoms with E-state index >= 15 is 0 Å². The second-order valence-corrected chi connectivity index (χ2v) is 7.47. The fraction of sp³-hybridized carbons (Fsp3) is 0.714. The molecule has 0 heterocycles. The summed E-state index contributed by atoms with van der Waals surface area (Å²) < 4.78 is 40.4. The predicted octanol–water partition coefficient (Wildman–Crippen LogP) is 7.29. The van der Waals surface area contributed by atoms with Crippen LogP contribution in [-0.4, -0.2) is 6.36 Å². The molecule has 0 aliphatic heterocycles. The second kappa shape index (κ2) is 10.1. The molecule has 1 nitrogen and oxygen atoms in total. The van der Waals surface area contributed by atoms with Crippen LogP contribution in [0.3, 0.4) is 0 Å². The molecule has 4 heteroatoms. The van der Waals surface area contributed by atoms with Crippen molar-refractivity contribution in [1.29, 1.82) is 0 Å². The molecule has 0 radical (unpaired) electrons. The highest BCUT2D eigenvalue weighted by Gasteiger charge is 2.31. The molecular weight excluding hydrogens is 325 g/mol. The van der Waals surface area contributed by atoms with Crippen LogP contribution < -0.4 is 4.74 Å². The van der Waals surface area contributed by atoms with Crippen molar-refractivity contribution in [2.45, 2.75) is 83.9 Å². The number of ether oxygens (including phenoxy) is 1. The number of unbranched alkanes of at least 4 members (excludes halogenated alkanes) is 3. The largest absolute Gasteiger partial charge is 0.573 e. The Kier molecular flexibility index (Phi) is 8.11. The molecule has 1 aromatic rings. The first kappa shape index (κ1) is 20.1.